The Labute approximate surface area is 161 Å². The molecule has 0 spiro atoms. The van der Waals surface area contributed by atoms with Crippen LogP contribution in [0.2, 0.25) is 5.02 Å². The highest BCUT2D eigenvalue weighted by Crippen LogP contribution is 2.27. The van der Waals surface area contributed by atoms with Gasteiger partial charge in [0.2, 0.25) is 0 Å². The molecule has 0 bridgehead atoms. The Kier molecular flexibility index (Phi) is 6.08. The van der Waals surface area contributed by atoms with Gasteiger partial charge in [-0.2, -0.15) is 0 Å². The van der Waals surface area contributed by atoms with E-state index in [0.717, 1.165) is 18.8 Å². The highest BCUT2D eigenvalue weighted by Gasteiger charge is 2.25. The fourth-order valence-corrected chi connectivity index (χ4v) is 3.38. The van der Waals surface area contributed by atoms with Gasteiger partial charge in [-0.05, 0) is 56.3 Å². The van der Waals surface area contributed by atoms with Gasteiger partial charge < -0.3 is 15.1 Å². The Balaban J connectivity index is 1.64. The molecule has 0 amide bonds. The van der Waals surface area contributed by atoms with Crippen LogP contribution in [0.15, 0.2) is 41.0 Å². The van der Waals surface area contributed by atoms with Crippen molar-refractivity contribution in [3.63, 3.8) is 0 Å². The normalized spacial score (nSPS) is 15.6. The summed E-state index contributed by atoms with van der Waals surface area (Å²) >= 11 is 11.4. The van der Waals surface area contributed by atoms with Crippen molar-refractivity contribution in [1.29, 1.82) is 0 Å². The summed E-state index contributed by atoms with van der Waals surface area (Å²) in [7, 11) is 0. The van der Waals surface area contributed by atoms with Crippen molar-refractivity contribution in [2.45, 2.75) is 18.9 Å². The lowest BCUT2D eigenvalue weighted by molar-refractivity contribution is -0.384. The van der Waals surface area contributed by atoms with Crippen molar-refractivity contribution in [3.05, 3.63) is 57.5 Å². The maximum absolute atomic E-state index is 10.9. The summed E-state index contributed by atoms with van der Waals surface area (Å²) in [4.78, 5) is 12.8. The fourth-order valence-electron chi connectivity index (χ4n) is 3.02. The number of thiocarbonyl (C=S) groups is 1. The third-order valence-corrected chi connectivity index (χ3v) is 4.89. The van der Waals surface area contributed by atoms with Crippen LogP contribution in [0, 0.1) is 10.1 Å². The van der Waals surface area contributed by atoms with Gasteiger partial charge >= 0.3 is 0 Å². The van der Waals surface area contributed by atoms with E-state index in [9.17, 15) is 10.1 Å². The summed E-state index contributed by atoms with van der Waals surface area (Å²) in [5, 5.41) is 17.7. The molecule has 7 nitrogen and oxygen atoms in total. The van der Waals surface area contributed by atoms with E-state index in [2.05, 4.69) is 15.5 Å². The molecule has 1 aromatic heterocycles. The van der Waals surface area contributed by atoms with Crippen molar-refractivity contribution >= 4 is 40.3 Å². The third kappa shape index (κ3) is 4.51. The Bertz CT molecular complexity index is 778. The van der Waals surface area contributed by atoms with E-state index >= 15 is 0 Å². The van der Waals surface area contributed by atoms with Gasteiger partial charge in [0.15, 0.2) is 5.11 Å². The standard InChI is InChI=1S/C17H19ClN4O3S/c18-13-6-5-12(22(23)24)10-14(13)20-17(26)19-11-15(16-4-3-9-25-16)21-7-1-2-8-21/h3-6,9-10,15H,1-2,7-8,11H2,(H2,19,20,26). The number of non-ortho nitro benzene ring substituents is 1. The second-order valence-electron chi connectivity index (χ2n) is 6.03. The van der Waals surface area contributed by atoms with Gasteiger partial charge in [0.1, 0.15) is 5.76 Å². The van der Waals surface area contributed by atoms with E-state index in [0.29, 0.717) is 22.4 Å². The highest BCUT2D eigenvalue weighted by molar-refractivity contribution is 7.80. The molecule has 2 N–H and O–H groups in total. The zero-order valence-corrected chi connectivity index (χ0v) is 15.6. The number of nitrogens with zero attached hydrogens (tertiary/aromatic N) is 2. The second-order valence-corrected chi connectivity index (χ2v) is 6.85. The molecule has 1 atom stereocenters. The van der Waals surface area contributed by atoms with Gasteiger partial charge in [-0.25, -0.2) is 0 Å². The smallest absolute Gasteiger partial charge is 0.271 e. The molecule has 2 heterocycles. The number of halogens is 1. The minimum Gasteiger partial charge on any atom is -0.468 e. The maximum atomic E-state index is 10.9. The number of likely N-dealkylation sites (tertiary alicyclic amines) is 1. The van der Waals surface area contributed by atoms with Crippen molar-refractivity contribution < 1.29 is 9.34 Å². The zero-order valence-electron chi connectivity index (χ0n) is 14.0. The molecule has 1 aromatic carbocycles. The number of furan rings is 1. The van der Waals surface area contributed by atoms with Crippen molar-refractivity contribution in [1.82, 2.24) is 10.2 Å². The number of nitrogens with one attached hydrogen (secondary N) is 2. The van der Waals surface area contributed by atoms with Gasteiger partial charge in [0.05, 0.1) is 27.9 Å². The molecule has 3 rings (SSSR count). The number of hydrogen-bond acceptors (Lipinski definition) is 5. The molecule has 0 radical (unpaired) electrons. The number of anilines is 1. The molecule has 0 aliphatic carbocycles. The van der Waals surface area contributed by atoms with Crippen LogP contribution in [0.5, 0.6) is 0 Å². The maximum Gasteiger partial charge on any atom is 0.271 e. The summed E-state index contributed by atoms with van der Waals surface area (Å²) < 4.78 is 5.58. The van der Waals surface area contributed by atoms with Crippen LogP contribution in [0.25, 0.3) is 0 Å². The molecular weight excluding hydrogens is 376 g/mol. The molecule has 1 saturated heterocycles. The minimum absolute atomic E-state index is 0.0507. The Morgan fingerprint density at radius 1 is 1.38 bits per heavy atom. The first-order valence-electron chi connectivity index (χ1n) is 8.31. The zero-order chi connectivity index (χ0) is 18.5. The van der Waals surface area contributed by atoms with Crippen LogP contribution in [0.3, 0.4) is 0 Å². The van der Waals surface area contributed by atoms with Crippen LogP contribution >= 0.6 is 23.8 Å². The van der Waals surface area contributed by atoms with Gasteiger partial charge in [-0.3, -0.25) is 15.0 Å². The number of nitro benzene ring substituents is 1. The van der Waals surface area contributed by atoms with E-state index < -0.39 is 4.92 Å². The van der Waals surface area contributed by atoms with Gasteiger partial charge in [0, 0.05) is 18.7 Å². The Morgan fingerprint density at radius 3 is 2.81 bits per heavy atom. The minimum atomic E-state index is -0.474. The SMILES string of the molecule is O=[N+]([O-])c1ccc(Cl)c(NC(=S)NCC(c2ccco2)N2CCCC2)c1. The molecule has 1 fully saturated rings. The second kappa shape index (κ2) is 8.48. The molecular formula is C17H19ClN4O3S. The molecule has 1 aliphatic rings. The average Bonchev–Trinajstić information content (AvgIpc) is 3.31. The number of rotatable bonds is 6. The summed E-state index contributed by atoms with van der Waals surface area (Å²) in [6, 6.07) is 8.09. The van der Waals surface area contributed by atoms with Crippen LogP contribution in [-0.4, -0.2) is 34.6 Å². The molecule has 1 unspecified atom stereocenters. The number of nitro groups is 1. The summed E-state index contributed by atoms with van der Waals surface area (Å²) in [6.07, 6.45) is 4.00. The van der Waals surface area contributed by atoms with Crippen molar-refractivity contribution in [2.24, 2.45) is 0 Å². The Hall–Kier alpha value is -2.16. The molecule has 9 heteroatoms. The quantitative estimate of drug-likeness (QED) is 0.435. The first-order chi connectivity index (χ1) is 12.5. The van der Waals surface area contributed by atoms with Gasteiger partial charge in [-0.1, -0.05) is 11.6 Å². The third-order valence-electron chi connectivity index (χ3n) is 4.32. The van der Waals surface area contributed by atoms with Crippen LogP contribution in [0.1, 0.15) is 24.6 Å². The first kappa shape index (κ1) is 18.6. The predicted molar refractivity (Wildman–Crippen MR) is 105 cm³/mol. The largest absolute Gasteiger partial charge is 0.468 e. The predicted octanol–water partition coefficient (Wildman–Crippen LogP) is 3.96. The van der Waals surface area contributed by atoms with Crippen LogP contribution < -0.4 is 10.6 Å². The van der Waals surface area contributed by atoms with Gasteiger partial charge in [-0.15, -0.1) is 0 Å². The van der Waals surface area contributed by atoms with Gasteiger partial charge in [0.25, 0.3) is 5.69 Å². The molecule has 26 heavy (non-hydrogen) atoms. The van der Waals surface area contributed by atoms with E-state index in [1.165, 1.54) is 31.0 Å². The summed E-state index contributed by atoms with van der Waals surface area (Å²) in [5.41, 5.74) is 0.347. The van der Waals surface area contributed by atoms with E-state index in [1.807, 2.05) is 12.1 Å². The number of benzene rings is 1. The highest BCUT2D eigenvalue weighted by atomic mass is 35.5. The number of hydrogen-bond donors (Lipinski definition) is 2. The van der Waals surface area contributed by atoms with Crippen LogP contribution in [0.4, 0.5) is 11.4 Å². The van der Waals surface area contributed by atoms with E-state index in [1.54, 1.807) is 6.26 Å². The summed E-state index contributed by atoms with van der Waals surface area (Å²) in [5.74, 6) is 0.885. The fraction of sp³-hybridized carbons (Fsp3) is 0.353. The lowest BCUT2D eigenvalue weighted by atomic mass is 10.2. The lowest BCUT2D eigenvalue weighted by Crippen LogP contribution is -2.38. The van der Waals surface area contributed by atoms with Crippen molar-refractivity contribution in [3.8, 4) is 0 Å². The van der Waals surface area contributed by atoms with E-state index in [4.69, 9.17) is 28.2 Å². The molecule has 2 aromatic rings. The first-order valence-corrected chi connectivity index (χ1v) is 9.09. The van der Waals surface area contributed by atoms with Crippen LogP contribution in [-0.2, 0) is 0 Å². The van der Waals surface area contributed by atoms with E-state index in [-0.39, 0.29) is 11.7 Å². The molecule has 0 saturated carbocycles. The Morgan fingerprint density at radius 2 is 2.15 bits per heavy atom. The molecule has 1 aliphatic heterocycles. The lowest BCUT2D eigenvalue weighted by Gasteiger charge is -2.26. The topological polar surface area (TPSA) is 83.6 Å². The average molecular weight is 395 g/mol. The molecule has 138 valence electrons. The van der Waals surface area contributed by atoms with Crippen molar-refractivity contribution in [2.75, 3.05) is 25.0 Å². The summed E-state index contributed by atoms with van der Waals surface area (Å²) in [6.45, 7) is 2.60. The monoisotopic (exact) mass is 394 g/mol.